The van der Waals surface area contributed by atoms with Crippen LogP contribution < -0.4 is 5.73 Å². The maximum atomic E-state index is 9.69. The highest BCUT2D eigenvalue weighted by Crippen LogP contribution is 2.45. The summed E-state index contributed by atoms with van der Waals surface area (Å²) in [6.07, 6.45) is 0. The van der Waals surface area contributed by atoms with E-state index in [1.165, 1.54) is 36.5 Å². The number of fused-ring (bicyclic) bond motifs is 10. The molecule has 0 saturated carbocycles. The third kappa shape index (κ3) is 3.75. The summed E-state index contributed by atoms with van der Waals surface area (Å²) in [4.78, 5) is 0. The lowest BCUT2D eigenvalue weighted by atomic mass is 10.0. The molecule has 10 aromatic rings. The van der Waals surface area contributed by atoms with Crippen LogP contribution in [0.2, 0.25) is 0 Å². The van der Waals surface area contributed by atoms with Crippen LogP contribution in [0.3, 0.4) is 0 Å². The van der Waals surface area contributed by atoms with Crippen LogP contribution in [-0.4, -0.2) is 9.13 Å². The summed E-state index contributed by atoms with van der Waals surface area (Å²) in [5, 5.41) is 16.9. The van der Waals surface area contributed by atoms with Gasteiger partial charge in [0.1, 0.15) is 0 Å². The van der Waals surface area contributed by atoms with E-state index < -0.39 is 0 Å². The minimum atomic E-state index is 0.644. The molecule has 0 unspecified atom stereocenters. The summed E-state index contributed by atoms with van der Waals surface area (Å²) in [5.74, 6) is 0. The number of aromatic nitrogens is 2. The van der Waals surface area contributed by atoms with Crippen molar-refractivity contribution in [1.82, 2.24) is 9.13 Å². The van der Waals surface area contributed by atoms with Crippen LogP contribution in [0.5, 0.6) is 0 Å². The van der Waals surface area contributed by atoms with E-state index in [0.29, 0.717) is 11.3 Å². The molecule has 0 radical (unpaired) electrons. The second-order valence-corrected chi connectivity index (χ2v) is 13.4. The van der Waals surface area contributed by atoms with Crippen molar-refractivity contribution in [3.8, 4) is 28.6 Å². The van der Waals surface area contributed by atoms with Gasteiger partial charge in [-0.3, -0.25) is 0 Å². The zero-order chi connectivity index (χ0) is 31.9. The Morgan fingerprint density at radius 3 is 2.17 bits per heavy atom. The highest BCUT2D eigenvalue weighted by atomic mass is 32.1. The summed E-state index contributed by atoms with van der Waals surface area (Å²) in [7, 11) is 0. The molecule has 0 aliphatic rings. The van der Waals surface area contributed by atoms with Gasteiger partial charge in [-0.1, -0.05) is 78.9 Å². The molecule has 7 aromatic carbocycles. The van der Waals surface area contributed by atoms with E-state index in [4.69, 9.17) is 5.73 Å². The van der Waals surface area contributed by atoms with Crippen molar-refractivity contribution in [2.24, 2.45) is 0 Å². The Balaban J connectivity index is 1.29. The topological polar surface area (TPSA) is 59.7 Å². The molecule has 0 atom stereocenters. The van der Waals surface area contributed by atoms with Gasteiger partial charge in [-0.15, -0.1) is 11.3 Å². The fourth-order valence-corrected chi connectivity index (χ4v) is 8.84. The average Bonchev–Trinajstić information content (AvgIpc) is 3.79. The molecule has 0 aliphatic heterocycles. The number of anilines is 1. The summed E-state index contributed by atoms with van der Waals surface area (Å²) >= 11 is 1.87. The molecule has 48 heavy (non-hydrogen) atoms. The van der Waals surface area contributed by atoms with Gasteiger partial charge < -0.3 is 14.9 Å². The Labute approximate surface area is 279 Å². The predicted molar refractivity (Wildman–Crippen MR) is 203 cm³/mol. The molecular formula is C43H26N4S. The molecule has 0 amide bonds. The van der Waals surface area contributed by atoms with Gasteiger partial charge in [-0.05, 0) is 72.3 Å². The second kappa shape index (κ2) is 10.1. The maximum Gasteiger partial charge on any atom is 0.0991 e. The Morgan fingerprint density at radius 2 is 1.29 bits per heavy atom. The van der Waals surface area contributed by atoms with E-state index >= 15 is 0 Å². The zero-order valence-corrected chi connectivity index (χ0v) is 26.5. The fraction of sp³-hybridized carbons (Fsp3) is 0. The third-order valence-corrected chi connectivity index (χ3v) is 10.9. The number of nitriles is 1. The quantitative estimate of drug-likeness (QED) is 0.197. The SMILES string of the molecule is N#Cc1ccc2c(c1)c1ccccc1n2-c1cc(N)ccc1-c1ccc2c3c4sc5ccccc5c4ccc3n(-c3ccccc3)c2c1. The molecule has 0 aliphatic carbocycles. The first-order chi connectivity index (χ1) is 23.7. The van der Waals surface area contributed by atoms with Crippen LogP contribution in [0.1, 0.15) is 5.56 Å². The van der Waals surface area contributed by atoms with Crippen LogP contribution in [0.25, 0.3) is 86.3 Å². The number of rotatable bonds is 3. The van der Waals surface area contributed by atoms with Gasteiger partial charge in [0.2, 0.25) is 0 Å². The van der Waals surface area contributed by atoms with Crippen LogP contribution in [0.15, 0.2) is 146 Å². The minimum absolute atomic E-state index is 0.644. The normalized spacial score (nSPS) is 11.8. The number of hydrogen-bond donors (Lipinski definition) is 1. The number of nitrogen functional groups attached to an aromatic ring is 1. The lowest BCUT2D eigenvalue weighted by Gasteiger charge is -2.16. The van der Waals surface area contributed by atoms with Gasteiger partial charge in [-0.25, -0.2) is 0 Å². The van der Waals surface area contributed by atoms with Gasteiger partial charge in [0.05, 0.1) is 39.4 Å². The van der Waals surface area contributed by atoms with Crippen LogP contribution in [-0.2, 0) is 0 Å². The molecule has 4 nitrogen and oxygen atoms in total. The monoisotopic (exact) mass is 630 g/mol. The van der Waals surface area contributed by atoms with E-state index in [2.05, 4.69) is 137 Å². The molecule has 10 rings (SSSR count). The summed E-state index contributed by atoms with van der Waals surface area (Å²) in [6, 6.07) is 53.6. The third-order valence-electron chi connectivity index (χ3n) is 9.66. The summed E-state index contributed by atoms with van der Waals surface area (Å²) in [5.41, 5.74) is 16.6. The first-order valence-corrected chi connectivity index (χ1v) is 16.8. The highest BCUT2D eigenvalue weighted by molar-refractivity contribution is 7.26. The summed E-state index contributed by atoms with van der Waals surface area (Å²) < 4.78 is 7.31. The van der Waals surface area contributed by atoms with Crippen LogP contribution in [0, 0.1) is 11.3 Å². The number of hydrogen-bond acceptors (Lipinski definition) is 3. The lowest BCUT2D eigenvalue weighted by molar-refractivity contribution is 1.18. The van der Waals surface area contributed by atoms with Crippen molar-refractivity contribution in [2.75, 3.05) is 5.73 Å². The minimum Gasteiger partial charge on any atom is -0.399 e. The van der Waals surface area contributed by atoms with Gasteiger partial charge in [0.15, 0.2) is 0 Å². The lowest BCUT2D eigenvalue weighted by Crippen LogP contribution is -1.99. The van der Waals surface area contributed by atoms with Gasteiger partial charge in [0, 0.05) is 58.7 Å². The van der Waals surface area contributed by atoms with Crippen molar-refractivity contribution in [3.63, 3.8) is 0 Å². The Kier molecular flexibility index (Phi) is 5.63. The smallest absolute Gasteiger partial charge is 0.0991 e. The molecule has 5 heteroatoms. The van der Waals surface area contributed by atoms with E-state index in [1.54, 1.807) is 0 Å². The Bertz CT molecular complexity index is 2970. The van der Waals surface area contributed by atoms with Crippen molar-refractivity contribution < 1.29 is 0 Å². The van der Waals surface area contributed by atoms with E-state index in [0.717, 1.165) is 49.8 Å². The predicted octanol–water partition coefficient (Wildman–Crippen LogP) is 11.4. The van der Waals surface area contributed by atoms with Crippen LogP contribution in [0.4, 0.5) is 5.69 Å². The van der Waals surface area contributed by atoms with Crippen LogP contribution >= 0.6 is 11.3 Å². The fourth-order valence-electron chi connectivity index (χ4n) is 7.59. The number of nitrogens with two attached hydrogens (primary N) is 1. The first-order valence-electron chi connectivity index (χ1n) is 16.0. The van der Waals surface area contributed by atoms with E-state index in [-0.39, 0.29) is 0 Å². The summed E-state index contributed by atoms with van der Waals surface area (Å²) in [6.45, 7) is 0. The first kappa shape index (κ1) is 26.8. The molecule has 0 saturated heterocycles. The molecule has 0 bridgehead atoms. The largest absolute Gasteiger partial charge is 0.399 e. The molecule has 2 N–H and O–H groups in total. The van der Waals surface area contributed by atoms with Gasteiger partial charge in [0.25, 0.3) is 0 Å². The highest BCUT2D eigenvalue weighted by Gasteiger charge is 2.20. The number of nitrogens with zero attached hydrogens (tertiary/aromatic N) is 3. The van der Waals surface area contributed by atoms with Crippen molar-refractivity contribution >= 4 is 80.8 Å². The second-order valence-electron chi connectivity index (χ2n) is 12.3. The molecule has 3 heterocycles. The van der Waals surface area contributed by atoms with Crippen molar-refractivity contribution in [2.45, 2.75) is 0 Å². The molecule has 0 spiro atoms. The molecule has 3 aromatic heterocycles. The van der Waals surface area contributed by atoms with Crippen molar-refractivity contribution in [3.05, 3.63) is 151 Å². The molecule has 224 valence electrons. The Morgan fingerprint density at radius 1 is 0.542 bits per heavy atom. The van der Waals surface area contributed by atoms with Crippen molar-refractivity contribution in [1.29, 1.82) is 5.26 Å². The maximum absolute atomic E-state index is 9.69. The van der Waals surface area contributed by atoms with E-state index in [9.17, 15) is 5.26 Å². The number of para-hydroxylation sites is 2. The molecular weight excluding hydrogens is 605 g/mol. The standard InChI is InChI=1S/C43H26N4S/c44-25-26-14-20-37-35(22-26)31-10-4-6-12-36(31)47(37)40-24-28(45)16-18-30(40)27-15-17-34-39(23-27)46(29-8-2-1-3-9-29)38-21-19-33-32-11-5-7-13-41(32)48-43(33)42(34)38/h1-24H,45H2. The zero-order valence-electron chi connectivity index (χ0n) is 25.7. The molecule has 0 fully saturated rings. The van der Waals surface area contributed by atoms with Gasteiger partial charge in [-0.2, -0.15) is 5.26 Å². The number of benzene rings is 7. The van der Waals surface area contributed by atoms with Gasteiger partial charge >= 0.3 is 0 Å². The Hall–Kier alpha value is -6.35. The number of thiophene rings is 1. The van der Waals surface area contributed by atoms with E-state index in [1.807, 2.05) is 35.6 Å². The average molecular weight is 631 g/mol.